The first kappa shape index (κ1) is 22.6. The van der Waals surface area contributed by atoms with Crippen LogP contribution in [-0.4, -0.2) is 24.3 Å². The number of rotatable bonds is 8. The first-order valence-electron chi connectivity index (χ1n) is 5.47. The van der Waals surface area contributed by atoms with Crippen LogP contribution in [0, 0.1) is 0 Å². The van der Waals surface area contributed by atoms with Crippen molar-refractivity contribution in [1.82, 2.24) is 0 Å². The van der Waals surface area contributed by atoms with Gasteiger partial charge < -0.3 is 5.11 Å². The third kappa shape index (κ3) is 31.4. The molecule has 0 spiro atoms. The van der Waals surface area contributed by atoms with E-state index in [0.29, 0.717) is 13.2 Å². The molecule has 17 heavy (non-hydrogen) atoms. The first-order chi connectivity index (χ1) is 7.54. The molecule has 0 saturated heterocycles. The maximum atomic E-state index is 10.9. The van der Waals surface area contributed by atoms with Crippen LogP contribution in [0.3, 0.4) is 0 Å². The molecule has 0 aliphatic rings. The number of aliphatic carboxylic acids is 1. The van der Waals surface area contributed by atoms with Crippen LogP contribution in [0.1, 0.15) is 46.5 Å². The van der Waals surface area contributed by atoms with Gasteiger partial charge in [0.25, 0.3) is 5.97 Å². The summed E-state index contributed by atoms with van der Waals surface area (Å²) in [6.07, 6.45) is 3.99. The van der Waals surface area contributed by atoms with Crippen LogP contribution in [0.15, 0.2) is 0 Å². The average molecular weight is 454 g/mol. The summed E-state index contributed by atoms with van der Waals surface area (Å²) in [5.41, 5.74) is 0. The van der Waals surface area contributed by atoms with Gasteiger partial charge in [0.1, 0.15) is 13.2 Å². The summed E-state index contributed by atoms with van der Waals surface area (Å²) in [6, 6.07) is 0. The molecule has 0 aliphatic heterocycles. The van der Waals surface area contributed by atoms with Gasteiger partial charge in [-0.25, -0.2) is 0 Å². The Labute approximate surface area is 125 Å². The largest absolute Gasteiger partial charge is 0.697 e. The summed E-state index contributed by atoms with van der Waals surface area (Å²) in [5.74, 6) is -0.833. The second-order valence-electron chi connectivity index (χ2n) is 3.12. The topological polar surface area (TPSA) is 72.8 Å². The van der Waals surface area contributed by atoms with Gasteiger partial charge in [0.15, 0.2) is 0 Å². The summed E-state index contributed by atoms with van der Waals surface area (Å²) < 4.78 is 20.7. The zero-order valence-corrected chi connectivity index (χ0v) is 17.4. The first-order valence-corrected chi connectivity index (χ1v) is 6.56. The molecule has 0 bridgehead atoms. The van der Waals surface area contributed by atoms with E-state index < -0.39 is 14.2 Å². The molecular formula is C10H22HgO5P+. The van der Waals surface area contributed by atoms with Crippen molar-refractivity contribution >= 4 is 14.2 Å². The van der Waals surface area contributed by atoms with Gasteiger partial charge in [-0.05, 0) is 12.8 Å². The van der Waals surface area contributed by atoms with E-state index in [1.165, 1.54) is 0 Å². The van der Waals surface area contributed by atoms with Gasteiger partial charge in [0, 0.05) is 39.2 Å². The number of carboxylic acids is 1. The maximum Gasteiger partial charge on any atom is 0.697 e. The van der Waals surface area contributed by atoms with Gasteiger partial charge in [-0.15, -0.1) is 9.05 Å². The van der Waals surface area contributed by atoms with Crippen molar-refractivity contribution in [1.29, 1.82) is 0 Å². The Kier molecular flexibility index (Phi) is 25.0. The summed E-state index contributed by atoms with van der Waals surface area (Å²) in [4.78, 5) is 9.00. The Bertz CT molecular complexity index is 174. The molecule has 0 radical (unpaired) electrons. The van der Waals surface area contributed by atoms with Gasteiger partial charge in [-0.3, -0.25) is 4.79 Å². The Balaban J connectivity index is -0.000000340. The SMILES string of the molecule is CC(=O)O.CCCCO[P+](=O)OCCCC.[Hg]. The van der Waals surface area contributed by atoms with Crippen molar-refractivity contribution in [2.45, 2.75) is 46.5 Å². The standard InChI is InChI=1S/C8H18O3P.C2H4O2.Hg/c1-3-5-7-10-12(9)11-8-6-4-2;1-2(3)4;/h3-8H2,1-2H3;1H3,(H,3,4);/q+1;;. The Hall–Kier alpha value is 0.425. The van der Waals surface area contributed by atoms with E-state index in [4.69, 9.17) is 18.9 Å². The number of hydrogen-bond donors (Lipinski definition) is 1. The Morgan fingerprint density at radius 2 is 1.41 bits per heavy atom. The van der Waals surface area contributed by atoms with Crippen LogP contribution in [0.5, 0.6) is 0 Å². The maximum absolute atomic E-state index is 10.9. The molecule has 0 unspecified atom stereocenters. The van der Waals surface area contributed by atoms with E-state index in [9.17, 15) is 4.57 Å². The zero-order chi connectivity index (χ0) is 12.8. The van der Waals surface area contributed by atoms with Crippen molar-refractivity contribution in [3.05, 3.63) is 0 Å². The summed E-state index contributed by atoms with van der Waals surface area (Å²) >= 11 is 0. The van der Waals surface area contributed by atoms with Gasteiger partial charge in [0.2, 0.25) is 0 Å². The van der Waals surface area contributed by atoms with Crippen LogP contribution < -0.4 is 0 Å². The molecule has 0 atom stereocenters. The molecule has 0 aromatic heterocycles. The van der Waals surface area contributed by atoms with Crippen LogP contribution >= 0.6 is 8.25 Å². The van der Waals surface area contributed by atoms with Crippen LogP contribution in [0.2, 0.25) is 0 Å². The molecule has 98 valence electrons. The van der Waals surface area contributed by atoms with Crippen LogP contribution in [0.4, 0.5) is 0 Å². The number of hydrogen-bond acceptors (Lipinski definition) is 4. The van der Waals surface area contributed by atoms with Crippen molar-refractivity contribution in [3.8, 4) is 0 Å². The van der Waals surface area contributed by atoms with Crippen LogP contribution in [0.25, 0.3) is 0 Å². The quantitative estimate of drug-likeness (QED) is 0.346. The molecule has 0 amide bonds. The summed E-state index contributed by atoms with van der Waals surface area (Å²) in [7, 11) is -1.85. The molecular weight excluding hydrogens is 432 g/mol. The Morgan fingerprint density at radius 3 is 1.65 bits per heavy atom. The predicted octanol–water partition coefficient (Wildman–Crippen LogP) is 3.37. The number of carbonyl (C=O) groups is 1. The second kappa shape index (κ2) is 18.8. The van der Waals surface area contributed by atoms with E-state index in [1.807, 2.05) is 0 Å². The fraction of sp³-hybridized carbons (Fsp3) is 0.900. The van der Waals surface area contributed by atoms with Crippen LogP contribution in [-0.2, 0) is 46.1 Å². The molecule has 0 aromatic rings. The van der Waals surface area contributed by atoms with Gasteiger partial charge >= 0.3 is 8.25 Å². The molecule has 0 rings (SSSR count). The smallest absolute Gasteiger partial charge is 0.481 e. The normalized spacial score (nSPS) is 8.65. The molecule has 7 heteroatoms. The fourth-order valence-corrected chi connectivity index (χ4v) is 1.23. The van der Waals surface area contributed by atoms with E-state index >= 15 is 0 Å². The van der Waals surface area contributed by atoms with E-state index in [1.54, 1.807) is 0 Å². The molecule has 0 saturated carbocycles. The van der Waals surface area contributed by atoms with E-state index in [2.05, 4.69) is 13.8 Å². The molecule has 1 N–H and O–H groups in total. The van der Waals surface area contributed by atoms with Crippen molar-refractivity contribution in [2.24, 2.45) is 0 Å². The summed E-state index contributed by atoms with van der Waals surface area (Å²) in [6.45, 7) is 6.29. The van der Waals surface area contributed by atoms with Gasteiger partial charge in [-0.1, -0.05) is 26.7 Å². The third-order valence-corrected chi connectivity index (χ3v) is 2.18. The molecule has 5 nitrogen and oxygen atoms in total. The van der Waals surface area contributed by atoms with Crippen molar-refractivity contribution < 1.29 is 51.2 Å². The van der Waals surface area contributed by atoms with Crippen molar-refractivity contribution in [3.63, 3.8) is 0 Å². The fourth-order valence-electron chi connectivity index (χ4n) is 0.604. The molecule has 0 aliphatic carbocycles. The second-order valence-corrected chi connectivity index (χ2v) is 4.08. The van der Waals surface area contributed by atoms with E-state index in [0.717, 1.165) is 32.6 Å². The number of carboxylic acid groups (broad SMARTS) is 1. The minimum absolute atomic E-state index is 0. The summed E-state index contributed by atoms with van der Waals surface area (Å²) in [5, 5.41) is 7.42. The van der Waals surface area contributed by atoms with Crippen molar-refractivity contribution in [2.75, 3.05) is 13.2 Å². The van der Waals surface area contributed by atoms with Gasteiger partial charge in [0.05, 0.1) is 0 Å². The Morgan fingerprint density at radius 1 is 1.12 bits per heavy atom. The minimum atomic E-state index is -1.85. The monoisotopic (exact) mass is 455 g/mol. The third-order valence-electron chi connectivity index (χ3n) is 1.39. The van der Waals surface area contributed by atoms with E-state index in [-0.39, 0.29) is 27.7 Å². The van der Waals surface area contributed by atoms with Gasteiger partial charge in [-0.2, -0.15) is 0 Å². The molecule has 0 heterocycles. The minimum Gasteiger partial charge on any atom is -0.481 e. The predicted molar refractivity (Wildman–Crippen MR) is 62.6 cm³/mol. The molecule has 0 fully saturated rings. The molecule has 0 aromatic carbocycles. The average Bonchev–Trinajstić information content (AvgIpc) is 2.18. The zero-order valence-electron chi connectivity index (χ0n) is 11.0. The number of unbranched alkanes of at least 4 members (excludes halogenated alkanes) is 2.